The van der Waals surface area contributed by atoms with Gasteiger partial charge in [-0.1, -0.05) is 12.5 Å². The number of nitrogens with zero attached hydrogens (tertiary/aromatic N) is 3. The Kier molecular flexibility index (Phi) is 8.09. The van der Waals surface area contributed by atoms with Gasteiger partial charge in [0.15, 0.2) is 5.78 Å². The summed E-state index contributed by atoms with van der Waals surface area (Å²) in [5.74, 6) is 0.838. The molecule has 0 aliphatic carbocycles. The van der Waals surface area contributed by atoms with Gasteiger partial charge in [-0.2, -0.15) is 0 Å². The number of likely N-dealkylation sites (N-methyl/N-ethyl adjacent to an activating group) is 1. The summed E-state index contributed by atoms with van der Waals surface area (Å²) in [6.07, 6.45) is 4.93. The summed E-state index contributed by atoms with van der Waals surface area (Å²) in [6, 6.07) is 13.6. The number of ketones is 1. The van der Waals surface area contributed by atoms with Crippen LogP contribution in [-0.2, 0) is 16.8 Å². The summed E-state index contributed by atoms with van der Waals surface area (Å²) in [5, 5.41) is 6.43. The number of aryl methyl sites for hydroxylation is 1. The lowest BCUT2D eigenvalue weighted by Crippen LogP contribution is -2.39. The van der Waals surface area contributed by atoms with E-state index in [1.807, 2.05) is 57.2 Å². The quantitative estimate of drug-likeness (QED) is 0.379. The number of likely N-dealkylation sites (tertiary alicyclic amines) is 1. The fourth-order valence-corrected chi connectivity index (χ4v) is 4.90. The highest BCUT2D eigenvalue weighted by atomic mass is 16.2. The van der Waals surface area contributed by atoms with Crippen LogP contribution in [-0.4, -0.2) is 52.3 Å². The molecule has 0 saturated carbocycles. The van der Waals surface area contributed by atoms with Gasteiger partial charge < -0.3 is 20.1 Å². The number of Topliss-reactive ketones (excluding diaryl/α,β-unsaturated/α-hetero) is 1. The molecule has 1 fully saturated rings. The van der Waals surface area contributed by atoms with Gasteiger partial charge in [-0.05, 0) is 109 Å². The van der Waals surface area contributed by atoms with E-state index < -0.39 is 5.41 Å². The maximum absolute atomic E-state index is 12.8. The molecule has 1 amide bonds. The Morgan fingerprint density at radius 2 is 1.72 bits per heavy atom. The molecule has 2 aromatic carbocycles. The molecule has 7 nitrogen and oxygen atoms in total. The minimum atomic E-state index is -0.650. The molecular formula is C29H39N5O2. The average molecular weight is 490 g/mol. The van der Waals surface area contributed by atoms with Crippen molar-refractivity contribution >= 4 is 34.4 Å². The van der Waals surface area contributed by atoms with Crippen LogP contribution in [0.25, 0.3) is 11.0 Å². The van der Waals surface area contributed by atoms with E-state index >= 15 is 0 Å². The van der Waals surface area contributed by atoms with E-state index in [2.05, 4.69) is 26.2 Å². The van der Waals surface area contributed by atoms with Crippen molar-refractivity contribution in [3.05, 3.63) is 53.6 Å². The minimum Gasteiger partial charge on any atom is -0.356 e. The summed E-state index contributed by atoms with van der Waals surface area (Å²) in [5.41, 5.74) is 3.81. The lowest BCUT2D eigenvalue weighted by Gasteiger charge is -2.26. The zero-order valence-corrected chi connectivity index (χ0v) is 22.1. The molecule has 2 heterocycles. The van der Waals surface area contributed by atoms with Crippen LogP contribution in [0.15, 0.2) is 42.5 Å². The highest BCUT2D eigenvalue weighted by Crippen LogP contribution is 2.30. The summed E-state index contributed by atoms with van der Waals surface area (Å²) in [6.45, 7) is 12.3. The second-order valence-corrected chi connectivity index (χ2v) is 10.3. The van der Waals surface area contributed by atoms with Crippen LogP contribution < -0.4 is 10.6 Å². The molecule has 1 saturated heterocycles. The minimum absolute atomic E-state index is 0.0180. The number of benzene rings is 2. The molecule has 0 atom stereocenters. The van der Waals surface area contributed by atoms with Crippen LogP contribution in [0.2, 0.25) is 0 Å². The Balaban J connectivity index is 1.65. The zero-order chi connectivity index (χ0) is 25.7. The van der Waals surface area contributed by atoms with Crippen molar-refractivity contribution in [2.75, 3.05) is 31.5 Å². The Hall–Kier alpha value is -3.19. The Labute approximate surface area is 214 Å². The molecule has 4 rings (SSSR count). The van der Waals surface area contributed by atoms with Gasteiger partial charge in [-0.25, -0.2) is 4.98 Å². The number of fused-ring (bicyclic) bond motifs is 1. The first kappa shape index (κ1) is 25.9. The van der Waals surface area contributed by atoms with Crippen LogP contribution in [0.3, 0.4) is 0 Å². The first-order valence-corrected chi connectivity index (χ1v) is 13.2. The number of rotatable bonds is 10. The van der Waals surface area contributed by atoms with E-state index in [4.69, 9.17) is 4.98 Å². The molecule has 0 bridgehead atoms. The van der Waals surface area contributed by atoms with E-state index in [1.54, 1.807) is 6.92 Å². The summed E-state index contributed by atoms with van der Waals surface area (Å²) in [4.78, 5) is 31.9. The molecule has 7 heteroatoms. The van der Waals surface area contributed by atoms with Crippen LogP contribution >= 0.6 is 0 Å². The molecular weight excluding hydrogens is 450 g/mol. The van der Waals surface area contributed by atoms with E-state index in [0.717, 1.165) is 47.7 Å². The van der Waals surface area contributed by atoms with Crippen LogP contribution in [0.1, 0.15) is 69.3 Å². The number of hydrogen-bond donors (Lipinski definition) is 2. The molecule has 1 aliphatic rings. The zero-order valence-electron chi connectivity index (χ0n) is 22.1. The van der Waals surface area contributed by atoms with Crippen molar-refractivity contribution in [2.45, 2.75) is 65.3 Å². The summed E-state index contributed by atoms with van der Waals surface area (Å²) < 4.78 is 2.23. The Bertz CT molecular complexity index is 1210. The topological polar surface area (TPSA) is 79.3 Å². The Morgan fingerprint density at radius 1 is 1.00 bits per heavy atom. The third-order valence-electron chi connectivity index (χ3n) is 7.23. The fourth-order valence-electron chi connectivity index (χ4n) is 4.90. The van der Waals surface area contributed by atoms with E-state index in [-0.39, 0.29) is 11.7 Å². The molecule has 1 aromatic heterocycles. The van der Waals surface area contributed by atoms with Crippen molar-refractivity contribution in [1.29, 1.82) is 0 Å². The van der Waals surface area contributed by atoms with Gasteiger partial charge in [0.1, 0.15) is 0 Å². The van der Waals surface area contributed by atoms with E-state index in [1.165, 1.54) is 32.4 Å². The van der Waals surface area contributed by atoms with Gasteiger partial charge in [-0.15, -0.1) is 0 Å². The number of piperidine rings is 1. The first-order chi connectivity index (χ1) is 17.3. The van der Waals surface area contributed by atoms with Crippen molar-refractivity contribution in [2.24, 2.45) is 0 Å². The molecule has 1 aliphatic heterocycles. The third-order valence-corrected chi connectivity index (χ3v) is 7.23. The van der Waals surface area contributed by atoms with Crippen molar-refractivity contribution in [1.82, 2.24) is 19.8 Å². The Morgan fingerprint density at radius 3 is 2.39 bits per heavy atom. The van der Waals surface area contributed by atoms with Gasteiger partial charge in [0.05, 0.1) is 16.4 Å². The van der Waals surface area contributed by atoms with E-state index in [9.17, 15) is 9.59 Å². The lowest BCUT2D eigenvalue weighted by atomic mass is 9.83. The third kappa shape index (κ3) is 5.78. The van der Waals surface area contributed by atoms with Gasteiger partial charge in [0.25, 0.3) is 0 Å². The predicted molar refractivity (Wildman–Crippen MR) is 146 cm³/mol. The second kappa shape index (κ2) is 11.2. The summed E-state index contributed by atoms with van der Waals surface area (Å²) in [7, 11) is 0. The monoisotopic (exact) mass is 489 g/mol. The highest BCUT2D eigenvalue weighted by molar-refractivity contribution is 5.94. The standard InChI is InChI=1S/C29H39N5O2/c1-5-30-27(36)29(3,4)23-12-15-25-26(20-23)34(19-9-18-33-16-7-6-8-17-33)28(32-25)31-24-13-10-22(11-14-24)21(2)35/h10-15,20H,5-9,16-19H2,1-4H3,(H,30,36)(H,31,32). The van der Waals surface area contributed by atoms with Crippen molar-refractivity contribution in [3.63, 3.8) is 0 Å². The smallest absolute Gasteiger partial charge is 0.230 e. The normalized spacial score (nSPS) is 14.7. The van der Waals surface area contributed by atoms with Crippen molar-refractivity contribution in [3.8, 4) is 0 Å². The number of carbonyl (C=O) groups excluding carboxylic acids is 2. The molecule has 0 unspecified atom stereocenters. The number of amides is 1. The summed E-state index contributed by atoms with van der Waals surface area (Å²) >= 11 is 0. The van der Waals surface area contributed by atoms with Gasteiger partial charge in [0, 0.05) is 24.3 Å². The first-order valence-electron chi connectivity index (χ1n) is 13.2. The van der Waals surface area contributed by atoms with Crippen molar-refractivity contribution < 1.29 is 9.59 Å². The number of aromatic nitrogens is 2. The number of nitrogens with one attached hydrogen (secondary N) is 2. The van der Waals surface area contributed by atoms with Crippen LogP contribution in [0.5, 0.6) is 0 Å². The maximum Gasteiger partial charge on any atom is 0.230 e. The van der Waals surface area contributed by atoms with E-state index in [0.29, 0.717) is 12.1 Å². The molecule has 0 radical (unpaired) electrons. The fraction of sp³-hybridized carbons (Fsp3) is 0.483. The number of imidazole rings is 1. The molecule has 2 N–H and O–H groups in total. The largest absolute Gasteiger partial charge is 0.356 e. The maximum atomic E-state index is 12.8. The predicted octanol–water partition coefficient (Wildman–Crippen LogP) is 5.27. The highest BCUT2D eigenvalue weighted by Gasteiger charge is 2.30. The SMILES string of the molecule is CCNC(=O)C(C)(C)c1ccc2nc(Nc3ccc(C(C)=O)cc3)n(CCCN3CCCCC3)c2c1. The lowest BCUT2D eigenvalue weighted by molar-refractivity contribution is -0.125. The molecule has 36 heavy (non-hydrogen) atoms. The molecule has 0 spiro atoms. The second-order valence-electron chi connectivity index (χ2n) is 10.3. The average Bonchev–Trinajstić information content (AvgIpc) is 3.21. The number of anilines is 2. The van der Waals surface area contributed by atoms with Crippen LogP contribution in [0, 0.1) is 0 Å². The number of carbonyl (C=O) groups is 2. The van der Waals surface area contributed by atoms with Gasteiger partial charge >= 0.3 is 0 Å². The van der Waals surface area contributed by atoms with Crippen LogP contribution in [0.4, 0.5) is 11.6 Å². The van der Waals surface area contributed by atoms with Gasteiger partial charge in [0.2, 0.25) is 11.9 Å². The molecule has 3 aromatic rings. The van der Waals surface area contributed by atoms with Gasteiger partial charge in [-0.3, -0.25) is 9.59 Å². The molecule has 192 valence electrons. The number of hydrogen-bond acceptors (Lipinski definition) is 5.